The number of nitrogens with zero attached hydrogens (tertiary/aromatic N) is 2. The minimum absolute atomic E-state index is 0.0540. The van der Waals surface area contributed by atoms with Crippen molar-refractivity contribution in [2.75, 3.05) is 14.8 Å². The normalized spacial score (nSPS) is 17.0. The summed E-state index contributed by atoms with van der Waals surface area (Å²) in [5, 5.41) is 2.29. The molecule has 0 spiro atoms. The fraction of sp³-hybridized carbons (Fsp3) is 0.412. The van der Waals surface area contributed by atoms with Crippen molar-refractivity contribution in [2.24, 2.45) is 0 Å². The van der Waals surface area contributed by atoms with E-state index in [0.29, 0.717) is 37.2 Å². The van der Waals surface area contributed by atoms with Gasteiger partial charge in [0.15, 0.2) is 0 Å². The summed E-state index contributed by atoms with van der Waals surface area (Å²) < 4.78 is 54.4. The van der Waals surface area contributed by atoms with Crippen LogP contribution in [0.4, 0.5) is 22.9 Å². The molecule has 0 radical (unpaired) electrons. The van der Waals surface area contributed by atoms with Gasteiger partial charge in [-0.3, -0.25) is 9.44 Å². The maximum Gasteiger partial charge on any atom is 0.235 e. The van der Waals surface area contributed by atoms with Crippen LogP contribution in [0.15, 0.2) is 24.4 Å². The van der Waals surface area contributed by atoms with E-state index in [0.717, 1.165) is 5.56 Å². The van der Waals surface area contributed by atoms with Crippen LogP contribution in [0.1, 0.15) is 31.2 Å². The summed E-state index contributed by atoms with van der Waals surface area (Å²) in [6.45, 7) is 1.79. The van der Waals surface area contributed by atoms with Crippen molar-refractivity contribution >= 4 is 54.5 Å². The van der Waals surface area contributed by atoms with Crippen LogP contribution >= 0.6 is 11.6 Å². The monoisotopic (exact) mass is 457 g/mol. The lowest BCUT2D eigenvalue weighted by molar-refractivity contribution is 0.598. The number of sulfonamides is 2. The predicted octanol–water partition coefficient (Wildman–Crippen LogP) is 2.99. The van der Waals surface area contributed by atoms with Crippen LogP contribution < -0.4 is 14.8 Å². The Morgan fingerprint density at radius 1 is 0.897 bits per heavy atom. The number of halogens is 1. The molecule has 0 bridgehead atoms. The van der Waals surface area contributed by atoms with Gasteiger partial charge < -0.3 is 5.32 Å². The Labute approximate surface area is 174 Å². The van der Waals surface area contributed by atoms with E-state index in [4.69, 9.17) is 11.6 Å². The van der Waals surface area contributed by atoms with Gasteiger partial charge in [0.05, 0.1) is 21.9 Å². The molecule has 156 valence electrons. The maximum atomic E-state index is 12.3. The molecule has 1 heterocycles. The second kappa shape index (κ2) is 7.29. The molecule has 1 aromatic heterocycles. The van der Waals surface area contributed by atoms with Crippen molar-refractivity contribution in [1.82, 2.24) is 9.97 Å². The Morgan fingerprint density at radius 3 is 1.86 bits per heavy atom. The first-order valence-corrected chi connectivity index (χ1v) is 12.5. The topological polar surface area (TPSA) is 130 Å². The predicted molar refractivity (Wildman–Crippen MR) is 113 cm³/mol. The number of rotatable bonds is 8. The SMILES string of the molecule is Cc1cnc(Cl)nc1Nc1cc(NS(=O)(=O)C2CC2)cc(NS(=O)(=O)C2CC2)c1. The van der Waals surface area contributed by atoms with Crippen molar-refractivity contribution in [1.29, 1.82) is 0 Å². The lowest BCUT2D eigenvalue weighted by Gasteiger charge is -2.15. The van der Waals surface area contributed by atoms with Gasteiger partial charge in [-0.15, -0.1) is 0 Å². The third-order valence-electron chi connectivity index (χ3n) is 4.58. The third-order valence-corrected chi connectivity index (χ3v) is 8.51. The zero-order valence-electron chi connectivity index (χ0n) is 15.5. The molecule has 2 saturated carbocycles. The average molecular weight is 458 g/mol. The number of aromatic nitrogens is 2. The van der Waals surface area contributed by atoms with E-state index in [1.54, 1.807) is 25.3 Å². The molecule has 0 amide bonds. The van der Waals surface area contributed by atoms with Crippen LogP contribution in [0.3, 0.4) is 0 Å². The Morgan fingerprint density at radius 2 is 1.38 bits per heavy atom. The fourth-order valence-electron chi connectivity index (χ4n) is 2.75. The Kier molecular flexibility index (Phi) is 5.07. The second-order valence-electron chi connectivity index (χ2n) is 7.29. The quantitative estimate of drug-likeness (QED) is 0.519. The highest BCUT2D eigenvalue weighted by molar-refractivity contribution is 7.93. The molecule has 2 aliphatic rings. The molecule has 0 unspecified atom stereocenters. The van der Waals surface area contributed by atoms with Crippen molar-refractivity contribution in [2.45, 2.75) is 43.1 Å². The third kappa shape index (κ3) is 4.90. The van der Waals surface area contributed by atoms with Crippen LogP contribution in [-0.2, 0) is 20.0 Å². The minimum atomic E-state index is -3.51. The van der Waals surface area contributed by atoms with Gasteiger partial charge in [-0.05, 0) is 62.4 Å². The van der Waals surface area contributed by atoms with Gasteiger partial charge in [-0.1, -0.05) is 0 Å². The molecule has 29 heavy (non-hydrogen) atoms. The summed E-state index contributed by atoms with van der Waals surface area (Å²) in [6, 6.07) is 4.61. The smallest absolute Gasteiger partial charge is 0.235 e. The summed E-state index contributed by atoms with van der Waals surface area (Å²) in [5.74, 6) is 0.434. The lowest BCUT2D eigenvalue weighted by Crippen LogP contribution is -2.19. The number of hydrogen-bond acceptors (Lipinski definition) is 7. The highest BCUT2D eigenvalue weighted by atomic mass is 35.5. The number of aryl methyl sites for hydroxylation is 1. The van der Waals surface area contributed by atoms with E-state index in [2.05, 4.69) is 24.7 Å². The molecule has 12 heteroatoms. The van der Waals surface area contributed by atoms with Gasteiger partial charge in [0, 0.05) is 17.4 Å². The number of anilines is 4. The van der Waals surface area contributed by atoms with Gasteiger partial charge in [0.1, 0.15) is 5.82 Å². The van der Waals surface area contributed by atoms with Crippen LogP contribution in [0.2, 0.25) is 5.28 Å². The number of nitrogens with one attached hydrogen (secondary N) is 3. The molecule has 2 aliphatic carbocycles. The first kappa shape index (κ1) is 20.2. The van der Waals surface area contributed by atoms with Gasteiger partial charge in [0.2, 0.25) is 25.3 Å². The highest BCUT2D eigenvalue weighted by Crippen LogP contribution is 2.34. The first-order chi connectivity index (χ1) is 13.6. The summed E-state index contributed by atoms with van der Waals surface area (Å²) >= 11 is 5.86. The van der Waals surface area contributed by atoms with Gasteiger partial charge in [-0.25, -0.2) is 26.8 Å². The molecule has 9 nitrogen and oxygen atoms in total. The molecule has 4 rings (SSSR count). The van der Waals surface area contributed by atoms with E-state index >= 15 is 0 Å². The van der Waals surface area contributed by atoms with E-state index < -0.39 is 30.5 Å². The molecular weight excluding hydrogens is 438 g/mol. The molecule has 0 aliphatic heterocycles. The maximum absolute atomic E-state index is 12.3. The summed E-state index contributed by atoms with van der Waals surface area (Å²) in [6.07, 6.45) is 4.02. The highest BCUT2D eigenvalue weighted by Gasteiger charge is 2.37. The van der Waals surface area contributed by atoms with E-state index in [9.17, 15) is 16.8 Å². The number of benzene rings is 1. The van der Waals surface area contributed by atoms with Gasteiger partial charge in [0.25, 0.3) is 0 Å². The van der Waals surface area contributed by atoms with Gasteiger partial charge in [-0.2, -0.15) is 0 Å². The summed E-state index contributed by atoms with van der Waals surface area (Å²) in [5.41, 5.74) is 1.69. The molecule has 3 N–H and O–H groups in total. The van der Waals surface area contributed by atoms with Crippen LogP contribution in [-0.4, -0.2) is 37.3 Å². The van der Waals surface area contributed by atoms with E-state index in [1.807, 2.05) is 0 Å². The fourth-order valence-corrected chi connectivity index (χ4v) is 5.63. The summed E-state index contributed by atoms with van der Waals surface area (Å²) in [4.78, 5) is 8.02. The molecule has 2 fully saturated rings. The molecule has 0 saturated heterocycles. The average Bonchev–Trinajstić information content (AvgIpc) is 3.47. The van der Waals surface area contributed by atoms with Crippen LogP contribution in [0, 0.1) is 6.92 Å². The van der Waals surface area contributed by atoms with Crippen LogP contribution in [0.5, 0.6) is 0 Å². The van der Waals surface area contributed by atoms with Crippen molar-refractivity contribution in [3.63, 3.8) is 0 Å². The van der Waals surface area contributed by atoms with E-state index in [-0.39, 0.29) is 16.7 Å². The Hall–Kier alpha value is -2.11. The molecule has 2 aromatic rings. The second-order valence-corrected chi connectivity index (χ2v) is 11.5. The Balaban J connectivity index is 1.67. The van der Waals surface area contributed by atoms with Crippen molar-refractivity contribution in [3.05, 3.63) is 35.2 Å². The minimum Gasteiger partial charge on any atom is -0.340 e. The molecule has 1 aromatic carbocycles. The zero-order valence-corrected chi connectivity index (χ0v) is 17.9. The number of hydrogen-bond donors (Lipinski definition) is 3. The standard InChI is InChI=1S/C17H20ClN5O4S2/c1-10-9-19-17(18)21-16(10)20-11-6-12(22-28(24,25)14-2-3-14)8-13(7-11)23-29(26,27)15-4-5-15/h6-9,14-15,22-23H,2-5H2,1H3,(H,19,20,21). The van der Waals surface area contributed by atoms with Crippen molar-refractivity contribution in [3.8, 4) is 0 Å². The lowest BCUT2D eigenvalue weighted by atomic mass is 10.2. The zero-order chi connectivity index (χ0) is 20.8. The first-order valence-electron chi connectivity index (χ1n) is 9.07. The van der Waals surface area contributed by atoms with Crippen LogP contribution in [0.25, 0.3) is 0 Å². The van der Waals surface area contributed by atoms with Gasteiger partial charge >= 0.3 is 0 Å². The van der Waals surface area contributed by atoms with Crippen molar-refractivity contribution < 1.29 is 16.8 Å². The largest absolute Gasteiger partial charge is 0.340 e. The summed E-state index contributed by atoms with van der Waals surface area (Å²) in [7, 11) is -7.02. The molecular formula is C17H20ClN5O4S2. The Bertz CT molecular complexity index is 1100. The van der Waals surface area contributed by atoms with E-state index in [1.165, 1.54) is 6.07 Å². The molecule has 0 atom stereocenters.